The Kier molecular flexibility index (Phi) is 4.63. The van der Waals surface area contributed by atoms with Gasteiger partial charge in [0.15, 0.2) is 0 Å². The molecule has 1 N–H and O–H groups in total. The van der Waals surface area contributed by atoms with Crippen molar-refractivity contribution >= 4 is 5.84 Å². The highest BCUT2D eigenvalue weighted by Crippen LogP contribution is 2.44. The molecule has 3 aromatic carbocycles. The maximum Gasteiger partial charge on any atom is 0.134 e. The van der Waals surface area contributed by atoms with E-state index in [4.69, 9.17) is 9.15 Å². The summed E-state index contributed by atoms with van der Waals surface area (Å²) in [5.74, 6) is 3.47. The number of benzene rings is 3. The zero-order chi connectivity index (χ0) is 21.4. The maximum absolute atomic E-state index is 5.91. The highest BCUT2D eigenvalue weighted by atomic mass is 16.5. The molecule has 0 fully saturated rings. The lowest BCUT2D eigenvalue weighted by atomic mass is 9.77. The second-order valence-electron chi connectivity index (χ2n) is 7.71. The third kappa shape index (κ3) is 3.03. The number of amidine groups is 1. The molecule has 0 amide bonds. The van der Waals surface area contributed by atoms with Crippen molar-refractivity contribution in [3.63, 3.8) is 0 Å². The molecule has 31 heavy (non-hydrogen) atoms. The van der Waals surface area contributed by atoms with Crippen LogP contribution in [0.15, 0.2) is 94.3 Å². The Morgan fingerprint density at radius 1 is 0.871 bits per heavy atom. The summed E-state index contributed by atoms with van der Waals surface area (Å²) in [6.45, 7) is 1.96. The summed E-state index contributed by atoms with van der Waals surface area (Å²) in [6.07, 6.45) is 0. The van der Waals surface area contributed by atoms with E-state index in [1.54, 1.807) is 7.11 Å². The van der Waals surface area contributed by atoms with Gasteiger partial charge in [0.05, 0.1) is 7.11 Å². The molecule has 1 atom stereocenters. The first-order valence-electron chi connectivity index (χ1n) is 10.3. The second kappa shape index (κ2) is 7.47. The standard InChI is InChI=1S/C27H24N2O2/c1-18-11-16-25(31-18)19-7-6-8-21(17-19)27(20-12-14-22(30-3)15-13-20)24-10-5-4-9-23(24)26(28-2)29-27/h4-17H,1-3H3,(H,28,29). The van der Waals surface area contributed by atoms with Crippen LogP contribution < -0.4 is 10.1 Å². The molecule has 1 aliphatic heterocycles. The van der Waals surface area contributed by atoms with E-state index in [9.17, 15) is 0 Å². The summed E-state index contributed by atoms with van der Waals surface area (Å²) in [7, 11) is 3.51. The number of rotatable bonds is 4. The number of ether oxygens (including phenoxy) is 1. The topological polar surface area (TPSA) is 46.8 Å². The predicted molar refractivity (Wildman–Crippen MR) is 124 cm³/mol. The largest absolute Gasteiger partial charge is 0.497 e. The van der Waals surface area contributed by atoms with E-state index in [2.05, 4.69) is 71.0 Å². The fourth-order valence-electron chi connectivity index (χ4n) is 4.46. The molecule has 2 heterocycles. The van der Waals surface area contributed by atoms with E-state index in [1.165, 1.54) is 5.56 Å². The monoisotopic (exact) mass is 408 g/mol. The van der Waals surface area contributed by atoms with Crippen molar-refractivity contribution in [1.29, 1.82) is 0 Å². The van der Waals surface area contributed by atoms with Gasteiger partial charge in [-0.2, -0.15) is 0 Å². The van der Waals surface area contributed by atoms with Crippen molar-refractivity contribution in [2.45, 2.75) is 12.5 Å². The van der Waals surface area contributed by atoms with Crippen molar-refractivity contribution < 1.29 is 9.15 Å². The molecule has 0 bridgehead atoms. The van der Waals surface area contributed by atoms with Gasteiger partial charge in [-0.25, -0.2) is 0 Å². The first-order valence-corrected chi connectivity index (χ1v) is 10.3. The first-order chi connectivity index (χ1) is 15.2. The van der Waals surface area contributed by atoms with Gasteiger partial charge in [-0.15, -0.1) is 0 Å². The van der Waals surface area contributed by atoms with E-state index >= 15 is 0 Å². The number of aryl methyl sites for hydroxylation is 1. The highest BCUT2D eigenvalue weighted by Gasteiger charge is 2.44. The van der Waals surface area contributed by atoms with Gasteiger partial charge in [0.2, 0.25) is 0 Å². The van der Waals surface area contributed by atoms with E-state index in [0.717, 1.165) is 45.4 Å². The van der Waals surface area contributed by atoms with Crippen molar-refractivity contribution in [1.82, 2.24) is 5.32 Å². The molecule has 4 heteroatoms. The quantitative estimate of drug-likeness (QED) is 0.483. The minimum atomic E-state index is -0.574. The normalized spacial score (nSPS) is 18.6. The molecule has 4 nitrogen and oxygen atoms in total. The number of methoxy groups -OCH3 is 1. The lowest BCUT2D eigenvalue weighted by molar-refractivity contribution is 0.414. The molecular weight excluding hydrogens is 384 g/mol. The third-order valence-corrected chi connectivity index (χ3v) is 5.96. The Morgan fingerprint density at radius 2 is 1.68 bits per heavy atom. The molecular formula is C27H24N2O2. The molecule has 0 radical (unpaired) electrons. The van der Waals surface area contributed by atoms with Crippen LogP contribution in [0.3, 0.4) is 0 Å². The van der Waals surface area contributed by atoms with Gasteiger partial charge >= 0.3 is 0 Å². The minimum absolute atomic E-state index is 0.574. The van der Waals surface area contributed by atoms with Crippen molar-refractivity contribution in [3.05, 3.63) is 113 Å². The van der Waals surface area contributed by atoms with Gasteiger partial charge in [-0.05, 0) is 53.9 Å². The number of furan rings is 1. The van der Waals surface area contributed by atoms with Crippen LogP contribution in [0.1, 0.15) is 28.0 Å². The average molecular weight is 409 g/mol. The fourth-order valence-corrected chi connectivity index (χ4v) is 4.46. The number of hydrogen-bond acceptors (Lipinski definition) is 3. The first kappa shape index (κ1) is 19.2. The molecule has 0 saturated carbocycles. The number of nitrogens with zero attached hydrogens (tertiary/aromatic N) is 1. The smallest absolute Gasteiger partial charge is 0.134 e. The van der Waals surface area contributed by atoms with Gasteiger partial charge in [0.25, 0.3) is 0 Å². The summed E-state index contributed by atoms with van der Waals surface area (Å²) in [4.78, 5) is 4.56. The molecule has 1 aromatic heterocycles. The number of nitrogens with one attached hydrogen (secondary N) is 1. The van der Waals surface area contributed by atoms with Crippen LogP contribution >= 0.6 is 0 Å². The van der Waals surface area contributed by atoms with Gasteiger partial charge < -0.3 is 14.5 Å². The average Bonchev–Trinajstić information content (AvgIpc) is 3.41. The van der Waals surface area contributed by atoms with Gasteiger partial charge in [0.1, 0.15) is 28.6 Å². The van der Waals surface area contributed by atoms with Crippen molar-refractivity contribution in [3.8, 4) is 17.1 Å². The SMILES string of the molecule is CN=C1NC(c2ccc(OC)cc2)(c2cccc(-c3ccc(C)o3)c2)c2ccccc21. The van der Waals surface area contributed by atoms with Crippen molar-refractivity contribution in [2.24, 2.45) is 4.99 Å². The Balaban J connectivity index is 1.77. The molecule has 154 valence electrons. The van der Waals surface area contributed by atoms with E-state index in [0.29, 0.717) is 0 Å². The molecule has 1 aliphatic rings. The van der Waals surface area contributed by atoms with Crippen LogP contribution in [0, 0.1) is 6.92 Å². The highest BCUT2D eigenvalue weighted by molar-refractivity contribution is 6.05. The summed E-state index contributed by atoms with van der Waals surface area (Å²) in [5, 5.41) is 3.75. The molecule has 5 rings (SSSR count). The summed E-state index contributed by atoms with van der Waals surface area (Å²) >= 11 is 0. The lowest BCUT2D eigenvalue weighted by Gasteiger charge is -2.33. The Bertz CT molecular complexity index is 1270. The van der Waals surface area contributed by atoms with Crippen LogP contribution in [0.5, 0.6) is 5.75 Å². The lowest BCUT2D eigenvalue weighted by Crippen LogP contribution is -2.41. The number of hydrogen-bond donors (Lipinski definition) is 1. The zero-order valence-corrected chi connectivity index (χ0v) is 17.8. The molecule has 0 saturated heterocycles. The van der Waals surface area contributed by atoms with Crippen LogP contribution in [0.25, 0.3) is 11.3 Å². The van der Waals surface area contributed by atoms with Crippen LogP contribution in [-0.2, 0) is 5.54 Å². The minimum Gasteiger partial charge on any atom is -0.497 e. The van der Waals surface area contributed by atoms with Crippen LogP contribution in [-0.4, -0.2) is 20.0 Å². The Hall–Kier alpha value is -3.79. The third-order valence-electron chi connectivity index (χ3n) is 5.96. The Morgan fingerprint density at radius 3 is 2.39 bits per heavy atom. The summed E-state index contributed by atoms with van der Waals surface area (Å²) in [6, 6.07) is 29.2. The molecule has 0 spiro atoms. The predicted octanol–water partition coefficient (Wildman–Crippen LogP) is 5.54. The van der Waals surface area contributed by atoms with Crippen molar-refractivity contribution in [2.75, 3.05) is 14.2 Å². The van der Waals surface area contributed by atoms with Crippen LogP contribution in [0.2, 0.25) is 0 Å². The zero-order valence-electron chi connectivity index (χ0n) is 17.8. The maximum atomic E-state index is 5.91. The van der Waals surface area contributed by atoms with E-state index in [1.807, 2.05) is 38.2 Å². The van der Waals surface area contributed by atoms with Gasteiger partial charge in [0, 0.05) is 18.2 Å². The Labute approximate surface area is 182 Å². The summed E-state index contributed by atoms with van der Waals surface area (Å²) in [5.41, 5.74) is 4.99. The van der Waals surface area contributed by atoms with Gasteiger partial charge in [-0.1, -0.05) is 54.6 Å². The van der Waals surface area contributed by atoms with Crippen LogP contribution in [0.4, 0.5) is 0 Å². The second-order valence-corrected chi connectivity index (χ2v) is 7.71. The number of fused-ring (bicyclic) bond motifs is 1. The molecule has 0 aliphatic carbocycles. The number of aliphatic imine (C=N–C) groups is 1. The summed E-state index contributed by atoms with van der Waals surface area (Å²) < 4.78 is 11.3. The molecule has 4 aromatic rings. The fraction of sp³-hybridized carbons (Fsp3) is 0.148. The molecule has 1 unspecified atom stereocenters. The van der Waals surface area contributed by atoms with E-state index < -0.39 is 5.54 Å². The van der Waals surface area contributed by atoms with E-state index in [-0.39, 0.29) is 0 Å². The van der Waals surface area contributed by atoms with Gasteiger partial charge in [-0.3, -0.25) is 4.99 Å².